The summed E-state index contributed by atoms with van der Waals surface area (Å²) in [5.41, 5.74) is 1.45. The van der Waals surface area contributed by atoms with E-state index in [1.54, 1.807) is 25.4 Å². The van der Waals surface area contributed by atoms with Crippen molar-refractivity contribution in [2.75, 3.05) is 5.32 Å². The molecule has 0 bridgehead atoms. The molecule has 1 atom stereocenters. The van der Waals surface area contributed by atoms with Crippen LogP contribution in [0, 0.1) is 0 Å². The summed E-state index contributed by atoms with van der Waals surface area (Å²) in [6.45, 7) is 6.04. The first-order valence-electron chi connectivity index (χ1n) is 7.88. The van der Waals surface area contributed by atoms with E-state index in [0.29, 0.717) is 18.3 Å². The topological polar surface area (TPSA) is 88.1 Å². The number of amides is 3. The Labute approximate surface area is 141 Å². The Morgan fingerprint density at radius 3 is 2.50 bits per heavy atom. The van der Waals surface area contributed by atoms with Crippen LogP contribution in [0.5, 0.6) is 0 Å². The van der Waals surface area contributed by atoms with Crippen LogP contribution in [-0.4, -0.2) is 27.5 Å². The number of carbonyl (C=O) groups is 2. The monoisotopic (exact) mass is 329 g/mol. The maximum Gasteiger partial charge on any atom is 0.315 e. The predicted molar refractivity (Wildman–Crippen MR) is 92.5 cm³/mol. The van der Waals surface area contributed by atoms with E-state index in [0.717, 1.165) is 5.69 Å². The number of benzene rings is 1. The quantitative estimate of drug-likeness (QED) is 0.760. The molecule has 3 N–H and O–H groups in total. The molecule has 7 heteroatoms. The second-order valence-electron chi connectivity index (χ2n) is 5.81. The zero-order valence-electron chi connectivity index (χ0n) is 14.1. The van der Waals surface area contributed by atoms with Crippen molar-refractivity contribution < 1.29 is 9.59 Å². The normalized spacial score (nSPS) is 11.8. The molecule has 0 aliphatic rings. The molecule has 0 fully saturated rings. The van der Waals surface area contributed by atoms with E-state index in [1.165, 1.54) is 0 Å². The van der Waals surface area contributed by atoms with E-state index in [9.17, 15) is 9.59 Å². The average molecular weight is 329 g/mol. The number of nitrogens with one attached hydrogen (secondary N) is 3. The maximum atomic E-state index is 12.0. The van der Waals surface area contributed by atoms with Crippen molar-refractivity contribution in [2.24, 2.45) is 0 Å². The number of carbonyl (C=O) groups excluding carboxylic acids is 2. The number of rotatable bonds is 6. The third kappa shape index (κ3) is 5.12. The summed E-state index contributed by atoms with van der Waals surface area (Å²) in [5, 5.41) is 8.04. The van der Waals surface area contributed by atoms with Crippen molar-refractivity contribution in [1.29, 1.82) is 0 Å². The Morgan fingerprint density at radius 2 is 1.88 bits per heavy atom. The highest BCUT2D eigenvalue weighted by Gasteiger charge is 2.15. The summed E-state index contributed by atoms with van der Waals surface area (Å²) >= 11 is 0. The van der Waals surface area contributed by atoms with Crippen molar-refractivity contribution >= 4 is 17.6 Å². The summed E-state index contributed by atoms with van der Waals surface area (Å²) in [7, 11) is 0. The molecule has 0 radical (unpaired) electrons. The second-order valence-corrected chi connectivity index (χ2v) is 5.81. The zero-order valence-corrected chi connectivity index (χ0v) is 14.1. The van der Waals surface area contributed by atoms with Crippen LogP contribution < -0.4 is 16.0 Å². The molecule has 1 aromatic heterocycles. The third-order valence-electron chi connectivity index (χ3n) is 3.46. The predicted octanol–water partition coefficient (Wildman–Crippen LogP) is 2.29. The van der Waals surface area contributed by atoms with Crippen LogP contribution in [0.25, 0.3) is 0 Å². The number of hydrogen-bond donors (Lipinski definition) is 3. The van der Waals surface area contributed by atoms with Gasteiger partial charge in [0.2, 0.25) is 5.91 Å². The molecule has 0 saturated heterocycles. The first kappa shape index (κ1) is 17.5. The molecule has 1 aromatic carbocycles. The van der Waals surface area contributed by atoms with Crippen molar-refractivity contribution in [2.45, 2.75) is 39.4 Å². The number of nitrogens with zero attached hydrogens (tertiary/aromatic N) is 2. The van der Waals surface area contributed by atoms with Gasteiger partial charge in [-0.05, 0) is 32.9 Å². The SMILES string of the molecule is CC(NC(=O)NCc1cn(C(C)C)cn1)C(=O)Nc1ccccc1. The summed E-state index contributed by atoms with van der Waals surface area (Å²) in [6, 6.07) is 8.36. The summed E-state index contributed by atoms with van der Waals surface area (Å²) in [5.74, 6) is -0.277. The lowest BCUT2D eigenvalue weighted by Gasteiger charge is -2.14. The Balaban J connectivity index is 1.77. The lowest BCUT2D eigenvalue weighted by Crippen LogP contribution is -2.46. The number of urea groups is 1. The Bertz CT molecular complexity index is 681. The van der Waals surface area contributed by atoms with Gasteiger partial charge in [-0.2, -0.15) is 0 Å². The molecular weight excluding hydrogens is 306 g/mol. The van der Waals surface area contributed by atoms with Gasteiger partial charge in [-0.25, -0.2) is 9.78 Å². The van der Waals surface area contributed by atoms with Crippen LogP contribution in [-0.2, 0) is 11.3 Å². The Kier molecular flexibility index (Phi) is 5.95. The second kappa shape index (κ2) is 8.14. The molecule has 0 spiro atoms. The smallest absolute Gasteiger partial charge is 0.315 e. The molecular formula is C17H23N5O2. The molecule has 1 unspecified atom stereocenters. The lowest BCUT2D eigenvalue weighted by atomic mass is 10.2. The van der Waals surface area contributed by atoms with E-state index >= 15 is 0 Å². The van der Waals surface area contributed by atoms with Crippen molar-refractivity contribution in [3.63, 3.8) is 0 Å². The fraction of sp³-hybridized carbons (Fsp3) is 0.353. The summed E-state index contributed by atoms with van der Waals surface area (Å²) < 4.78 is 1.96. The van der Waals surface area contributed by atoms with Gasteiger partial charge in [-0.3, -0.25) is 4.79 Å². The molecule has 0 aliphatic heterocycles. The van der Waals surface area contributed by atoms with Gasteiger partial charge >= 0.3 is 6.03 Å². The molecule has 0 aliphatic carbocycles. The number of aromatic nitrogens is 2. The average Bonchev–Trinajstić information content (AvgIpc) is 3.03. The molecule has 1 heterocycles. The number of imidazole rings is 1. The van der Waals surface area contributed by atoms with E-state index in [1.807, 2.05) is 29.0 Å². The first-order valence-corrected chi connectivity index (χ1v) is 7.88. The van der Waals surface area contributed by atoms with Crippen LogP contribution in [0.1, 0.15) is 32.5 Å². The van der Waals surface area contributed by atoms with E-state index in [-0.39, 0.29) is 5.91 Å². The maximum absolute atomic E-state index is 12.0. The van der Waals surface area contributed by atoms with Gasteiger partial charge in [0.1, 0.15) is 6.04 Å². The van der Waals surface area contributed by atoms with Gasteiger partial charge in [-0.15, -0.1) is 0 Å². The molecule has 24 heavy (non-hydrogen) atoms. The van der Waals surface area contributed by atoms with Gasteiger partial charge < -0.3 is 20.5 Å². The molecule has 2 aromatic rings. The minimum atomic E-state index is -0.654. The molecule has 2 rings (SSSR count). The van der Waals surface area contributed by atoms with Gasteiger partial charge in [0.15, 0.2) is 0 Å². The fourth-order valence-electron chi connectivity index (χ4n) is 2.01. The molecule has 0 saturated carbocycles. The van der Waals surface area contributed by atoms with Gasteiger partial charge in [0, 0.05) is 17.9 Å². The van der Waals surface area contributed by atoms with Crippen LogP contribution in [0.3, 0.4) is 0 Å². The van der Waals surface area contributed by atoms with E-state index in [2.05, 4.69) is 34.8 Å². The summed E-state index contributed by atoms with van der Waals surface area (Å²) in [4.78, 5) is 28.1. The van der Waals surface area contributed by atoms with Crippen LogP contribution in [0.4, 0.5) is 10.5 Å². The number of hydrogen-bond acceptors (Lipinski definition) is 3. The van der Waals surface area contributed by atoms with E-state index < -0.39 is 12.1 Å². The zero-order chi connectivity index (χ0) is 17.5. The van der Waals surface area contributed by atoms with Crippen molar-refractivity contribution in [3.05, 3.63) is 48.5 Å². The summed E-state index contributed by atoms with van der Waals surface area (Å²) in [6.07, 6.45) is 3.62. The number of para-hydroxylation sites is 1. The van der Waals surface area contributed by atoms with Gasteiger partial charge in [0.05, 0.1) is 18.6 Å². The fourth-order valence-corrected chi connectivity index (χ4v) is 2.01. The third-order valence-corrected chi connectivity index (χ3v) is 3.46. The van der Waals surface area contributed by atoms with Crippen LogP contribution in [0.2, 0.25) is 0 Å². The van der Waals surface area contributed by atoms with Crippen molar-refractivity contribution in [3.8, 4) is 0 Å². The van der Waals surface area contributed by atoms with E-state index in [4.69, 9.17) is 0 Å². The highest BCUT2D eigenvalue weighted by molar-refractivity contribution is 5.96. The number of anilines is 1. The standard InChI is InChI=1S/C17H23N5O2/c1-12(2)22-10-15(19-11-22)9-18-17(24)20-13(3)16(23)21-14-7-5-4-6-8-14/h4-8,10-13H,9H2,1-3H3,(H,21,23)(H2,18,20,24). The first-order chi connectivity index (χ1) is 11.5. The molecule has 3 amide bonds. The largest absolute Gasteiger partial charge is 0.335 e. The highest BCUT2D eigenvalue weighted by Crippen LogP contribution is 2.06. The van der Waals surface area contributed by atoms with Gasteiger partial charge in [-0.1, -0.05) is 18.2 Å². The Hall–Kier alpha value is -2.83. The molecule has 7 nitrogen and oxygen atoms in total. The minimum absolute atomic E-state index is 0.277. The Morgan fingerprint density at radius 1 is 1.17 bits per heavy atom. The van der Waals surface area contributed by atoms with Crippen LogP contribution in [0.15, 0.2) is 42.9 Å². The lowest BCUT2D eigenvalue weighted by molar-refractivity contribution is -0.117. The van der Waals surface area contributed by atoms with Crippen LogP contribution >= 0.6 is 0 Å². The minimum Gasteiger partial charge on any atom is -0.335 e. The van der Waals surface area contributed by atoms with Gasteiger partial charge in [0.25, 0.3) is 0 Å². The van der Waals surface area contributed by atoms with Crippen molar-refractivity contribution in [1.82, 2.24) is 20.2 Å². The highest BCUT2D eigenvalue weighted by atomic mass is 16.2. The molecule has 128 valence electrons.